The molecule has 2 aromatic carbocycles. The van der Waals surface area contributed by atoms with Crippen LogP contribution in [0.4, 0.5) is 0 Å². The number of nitrogens with one attached hydrogen (secondary N) is 1. The molecule has 36 heavy (non-hydrogen) atoms. The maximum Gasteiger partial charge on any atom is 0.274 e. The third kappa shape index (κ3) is 8.10. The number of ether oxygens (including phenoxy) is 2. The summed E-state index contributed by atoms with van der Waals surface area (Å²) in [5, 5.41) is 45.4. The van der Waals surface area contributed by atoms with E-state index in [9.17, 15) is 28.8 Å². The van der Waals surface area contributed by atoms with Crippen LogP contribution in [0, 0.1) is 0 Å². The molecule has 0 spiro atoms. The quantitative estimate of drug-likeness (QED) is 0.213. The van der Waals surface area contributed by atoms with Crippen LogP contribution in [0.5, 0.6) is 5.75 Å². The smallest absolute Gasteiger partial charge is 0.274 e. The Labute approximate surface area is 215 Å². The van der Waals surface area contributed by atoms with Crippen LogP contribution in [0.2, 0.25) is 5.02 Å². The Kier molecular flexibility index (Phi) is 10.5. The maximum absolute atomic E-state index is 10.8. The molecule has 200 valence electrons. The number of aliphatic hydroxyl groups is 4. The lowest BCUT2D eigenvalue weighted by atomic mass is 9.90. The average Bonchev–Trinajstić information content (AvgIpc) is 2.84. The van der Waals surface area contributed by atoms with Crippen LogP contribution in [-0.2, 0) is 21.4 Å². The molecule has 3 rings (SSSR count). The minimum absolute atomic E-state index is 0.299. The zero-order valence-electron chi connectivity index (χ0n) is 19.7. The van der Waals surface area contributed by atoms with E-state index in [1.807, 2.05) is 24.3 Å². The third-order valence-corrected chi connectivity index (χ3v) is 6.98. The summed E-state index contributed by atoms with van der Waals surface area (Å²) in [4.78, 5) is 0. The molecular formula is C24H33ClN2O8S. The first-order valence-electron chi connectivity index (χ1n) is 11.7. The van der Waals surface area contributed by atoms with Crippen molar-refractivity contribution in [3.05, 3.63) is 64.2 Å². The first kappa shape index (κ1) is 28.8. The molecule has 7 N–H and O–H groups in total. The summed E-state index contributed by atoms with van der Waals surface area (Å²) in [6.45, 7) is 0.307. The predicted octanol–water partition coefficient (Wildman–Crippen LogP) is 0.788. The van der Waals surface area contributed by atoms with Crippen molar-refractivity contribution in [1.29, 1.82) is 0 Å². The van der Waals surface area contributed by atoms with E-state index in [1.165, 1.54) is 0 Å². The van der Waals surface area contributed by atoms with Crippen molar-refractivity contribution in [1.82, 2.24) is 4.72 Å². The fourth-order valence-corrected chi connectivity index (χ4v) is 4.63. The van der Waals surface area contributed by atoms with Gasteiger partial charge in [0.15, 0.2) is 0 Å². The zero-order valence-corrected chi connectivity index (χ0v) is 21.2. The molecule has 5 atom stereocenters. The molecule has 12 heteroatoms. The lowest BCUT2D eigenvalue weighted by Crippen LogP contribution is -2.55. The third-order valence-electron chi connectivity index (χ3n) is 6.00. The van der Waals surface area contributed by atoms with Crippen LogP contribution in [0.1, 0.15) is 42.1 Å². The molecule has 1 aliphatic rings. The van der Waals surface area contributed by atoms with Gasteiger partial charge in [-0.3, -0.25) is 0 Å². The molecule has 0 aromatic heterocycles. The fraction of sp³-hybridized carbons (Fsp3) is 0.500. The SMILES string of the molecule is NS(=O)(=O)NCCCCCOc1ccc(Cc2cc([C@@H]3O[C@H](CO)[C@@H](O)[C@H](O)[C@H]3O)ccc2Cl)cc1. The van der Waals surface area contributed by atoms with Gasteiger partial charge in [-0.1, -0.05) is 35.9 Å². The van der Waals surface area contributed by atoms with Gasteiger partial charge in [-0.05, 0) is 60.6 Å². The number of halogens is 1. The van der Waals surface area contributed by atoms with E-state index in [-0.39, 0.29) is 0 Å². The van der Waals surface area contributed by atoms with Gasteiger partial charge < -0.3 is 29.9 Å². The number of hydrogen-bond acceptors (Lipinski definition) is 8. The van der Waals surface area contributed by atoms with Crippen molar-refractivity contribution in [3.8, 4) is 5.75 Å². The molecule has 1 saturated heterocycles. The second kappa shape index (κ2) is 13.1. The van der Waals surface area contributed by atoms with Crippen LogP contribution < -0.4 is 14.6 Å². The Morgan fingerprint density at radius 2 is 1.72 bits per heavy atom. The zero-order chi connectivity index (χ0) is 26.3. The van der Waals surface area contributed by atoms with E-state index in [0.717, 1.165) is 24.0 Å². The first-order valence-corrected chi connectivity index (χ1v) is 13.6. The van der Waals surface area contributed by atoms with Crippen molar-refractivity contribution >= 4 is 21.8 Å². The molecule has 0 amide bonds. The standard InChI is InChI=1S/C24H33ClN2O8S/c25-19-9-6-16(24-23(31)22(30)21(29)20(14-28)35-24)13-17(19)12-15-4-7-18(8-5-15)34-11-3-1-2-10-27-36(26,32)33/h4-9,13,20-24,27-31H,1-3,10-12,14H2,(H2,26,32,33)/t20-,21-,22+,23-,24+/m1/s1. The Hall–Kier alpha value is -1.80. The monoisotopic (exact) mass is 544 g/mol. The lowest BCUT2D eigenvalue weighted by molar-refractivity contribution is -0.231. The van der Waals surface area contributed by atoms with E-state index < -0.39 is 47.3 Å². The lowest BCUT2D eigenvalue weighted by Gasteiger charge is -2.40. The maximum atomic E-state index is 10.8. The summed E-state index contributed by atoms with van der Waals surface area (Å²) in [5.41, 5.74) is 2.34. The summed E-state index contributed by atoms with van der Waals surface area (Å²) in [5.74, 6) is 0.711. The van der Waals surface area contributed by atoms with Gasteiger partial charge in [-0.25, -0.2) is 9.86 Å². The Bertz CT molecular complexity index is 1080. The molecule has 0 bridgehead atoms. The molecule has 0 unspecified atom stereocenters. The van der Waals surface area contributed by atoms with E-state index in [4.69, 9.17) is 26.2 Å². The highest BCUT2D eigenvalue weighted by Crippen LogP contribution is 2.34. The molecule has 1 heterocycles. The van der Waals surface area contributed by atoms with Gasteiger partial charge in [-0.2, -0.15) is 8.42 Å². The molecule has 1 aliphatic heterocycles. The molecule has 0 saturated carbocycles. The van der Waals surface area contributed by atoms with Crippen LogP contribution >= 0.6 is 11.6 Å². The normalized spacial score (nSPS) is 24.6. The van der Waals surface area contributed by atoms with Crippen LogP contribution in [0.25, 0.3) is 0 Å². The number of hydrogen-bond donors (Lipinski definition) is 6. The second-order valence-electron chi connectivity index (χ2n) is 8.77. The summed E-state index contributed by atoms with van der Waals surface area (Å²) in [7, 11) is -3.64. The van der Waals surface area contributed by atoms with Crippen LogP contribution in [0.15, 0.2) is 42.5 Å². The van der Waals surface area contributed by atoms with Gasteiger partial charge in [0.25, 0.3) is 10.2 Å². The molecule has 2 aromatic rings. The Morgan fingerprint density at radius 3 is 2.39 bits per heavy atom. The highest BCUT2D eigenvalue weighted by atomic mass is 35.5. The average molecular weight is 545 g/mol. The molecule has 0 aliphatic carbocycles. The van der Waals surface area contributed by atoms with Crippen molar-refractivity contribution in [2.24, 2.45) is 5.14 Å². The highest BCUT2D eigenvalue weighted by molar-refractivity contribution is 7.87. The first-order chi connectivity index (χ1) is 17.1. The Balaban J connectivity index is 1.55. The van der Waals surface area contributed by atoms with Gasteiger partial charge in [0.2, 0.25) is 0 Å². The number of nitrogens with two attached hydrogens (primary N) is 1. The summed E-state index contributed by atoms with van der Waals surface area (Å²) >= 11 is 6.40. The predicted molar refractivity (Wildman–Crippen MR) is 134 cm³/mol. The van der Waals surface area contributed by atoms with Crippen molar-refractivity contribution in [3.63, 3.8) is 0 Å². The van der Waals surface area contributed by atoms with Gasteiger partial charge in [0.05, 0.1) is 13.2 Å². The summed E-state index contributed by atoms with van der Waals surface area (Å²) < 4.78 is 35.2. The largest absolute Gasteiger partial charge is 0.494 e. The van der Waals surface area contributed by atoms with E-state index in [0.29, 0.717) is 42.3 Å². The number of aliphatic hydroxyl groups excluding tert-OH is 4. The molecular weight excluding hydrogens is 512 g/mol. The van der Waals surface area contributed by atoms with E-state index in [1.54, 1.807) is 18.2 Å². The number of unbranched alkanes of at least 4 members (excludes halogenated alkanes) is 2. The molecule has 0 radical (unpaired) electrons. The van der Waals surface area contributed by atoms with Crippen molar-refractivity contribution in [2.75, 3.05) is 19.8 Å². The van der Waals surface area contributed by atoms with Crippen molar-refractivity contribution in [2.45, 2.75) is 56.2 Å². The second-order valence-corrected chi connectivity index (χ2v) is 10.6. The summed E-state index contributed by atoms with van der Waals surface area (Å²) in [6.07, 6.45) is -3.41. The van der Waals surface area contributed by atoms with Crippen LogP contribution in [0.3, 0.4) is 0 Å². The highest BCUT2D eigenvalue weighted by Gasteiger charge is 2.44. The van der Waals surface area contributed by atoms with Gasteiger partial charge in [0, 0.05) is 11.6 Å². The fourth-order valence-electron chi connectivity index (χ4n) is 4.02. The Morgan fingerprint density at radius 1 is 1.00 bits per heavy atom. The topological polar surface area (TPSA) is 172 Å². The minimum Gasteiger partial charge on any atom is -0.494 e. The molecule has 10 nitrogen and oxygen atoms in total. The number of benzene rings is 2. The molecule has 1 fully saturated rings. The van der Waals surface area contributed by atoms with Gasteiger partial charge in [-0.15, -0.1) is 0 Å². The minimum atomic E-state index is -3.64. The summed E-state index contributed by atoms with van der Waals surface area (Å²) in [6, 6.07) is 12.7. The number of rotatable bonds is 12. The van der Waals surface area contributed by atoms with E-state index in [2.05, 4.69) is 4.72 Å². The van der Waals surface area contributed by atoms with E-state index >= 15 is 0 Å². The van der Waals surface area contributed by atoms with Gasteiger partial charge >= 0.3 is 0 Å². The van der Waals surface area contributed by atoms with Gasteiger partial charge in [0.1, 0.15) is 36.3 Å². The van der Waals surface area contributed by atoms with Crippen LogP contribution in [-0.4, -0.2) is 73.0 Å². The van der Waals surface area contributed by atoms with Crippen molar-refractivity contribution < 1.29 is 38.3 Å².